The first-order valence-corrected chi connectivity index (χ1v) is 6.80. The van der Waals surface area contributed by atoms with E-state index in [1.807, 2.05) is 30.3 Å². The van der Waals surface area contributed by atoms with Gasteiger partial charge >= 0.3 is 12.1 Å². The third-order valence-corrected chi connectivity index (χ3v) is 3.03. The van der Waals surface area contributed by atoms with Crippen molar-refractivity contribution in [3.8, 4) is 0 Å². The Kier molecular flexibility index (Phi) is 5.35. The molecule has 0 saturated heterocycles. The van der Waals surface area contributed by atoms with Crippen LogP contribution in [0, 0.1) is 0 Å². The molecule has 1 N–H and O–H groups in total. The fraction of sp³-hybridized carbons (Fsp3) is 0.500. The fourth-order valence-electron chi connectivity index (χ4n) is 1.89. The second-order valence-electron chi connectivity index (χ2n) is 6.05. The number of methoxy groups -OCH3 is 1. The Morgan fingerprint density at radius 3 is 2.14 bits per heavy atom. The van der Waals surface area contributed by atoms with Gasteiger partial charge in [0.1, 0.15) is 11.0 Å². The molecule has 0 fully saturated rings. The normalized spacial score (nSPS) is 14.0. The monoisotopic (exact) mass is 293 g/mol. The first-order chi connectivity index (χ1) is 9.69. The van der Waals surface area contributed by atoms with E-state index < -0.39 is 23.1 Å². The van der Waals surface area contributed by atoms with Gasteiger partial charge in [-0.25, -0.2) is 4.79 Å². The zero-order valence-electron chi connectivity index (χ0n) is 13.2. The Bertz CT molecular complexity index is 493. The highest BCUT2D eigenvalue weighted by Gasteiger charge is 2.37. The van der Waals surface area contributed by atoms with E-state index in [0.29, 0.717) is 0 Å². The van der Waals surface area contributed by atoms with Crippen molar-refractivity contribution in [1.29, 1.82) is 0 Å². The van der Waals surface area contributed by atoms with Gasteiger partial charge < -0.3 is 14.8 Å². The third-order valence-electron chi connectivity index (χ3n) is 3.03. The lowest BCUT2D eigenvalue weighted by atomic mass is 9.82. The van der Waals surface area contributed by atoms with Crippen molar-refractivity contribution in [2.75, 3.05) is 13.7 Å². The summed E-state index contributed by atoms with van der Waals surface area (Å²) in [4.78, 5) is 23.9. The van der Waals surface area contributed by atoms with Crippen LogP contribution >= 0.6 is 0 Å². The van der Waals surface area contributed by atoms with Gasteiger partial charge in [0.2, 0.25) is 0 Å². The molecule has 1 aromatic carbocycles. The van der Waals surface area contributed by atoms with Crippen molar-refractivity contribution in [2.45, 2.75) is 38.7 Å². The van der Waals surface area contributed by atoms with E-state index in [2.05, 4.69) is 5.32 Å². The molecule has 1 aromatic rings. The van der Waals surface area contributed by atoms with Crippen LogP contribution < -0.4 is 5.32 Å². The van der Waals surface area contributed by atoms with Crippen molar-refractivity contribution in [1.82, 2.24) is 5.32 Å². The zero-order valence-corrected chi connectivity index (χ0v) is 13.2. The molecule has 0 spiro atoms. The van der Waals surface area contributed by atoms with E-state index in [1.54, 1.807) is 27.7 Å². The van der Waals surface area contributed by atoms with Crippen LogP contribution in [0.1, 0.15) is 33.3 Å². The number of benzene rings is 1. The minimum atomic E-state index is -0.965. The van der Waals surface area contributed by atoms with Crippen molar-refractivity contribution >= 4 is 12.1 Å². The maximum atomic E-state index is 12.1. The molecule has 5 heteroatoms. The number of alkyl carbamates (subject to hydrolysis) is 1. The van der Waals surface area contributed by atoms with Crippen molar-refractivity contribution < 1.29 is 19.1 Å². The first-order valence-electron chi connectivity index (χ1n) is 6.80. The molecule has 1 rings (SSSR count). The van der Waals surface area contributed by atoms with Gasteiger partial charge in [0.25, 0.3) is 0 Å². The van der Waals surface area contributed by atoms with Crippen molar-refractivity contribution in [2.24, 2.45) is 0 Å². The van der Waals surface area contributed by atoms with Gasteiger partial charge in [-0.1, -0.05) is 30.3 Å². The van der Waals surface area contributed by atoms with Gasteiger partial charge in [0.05, 0.1) is 7.11 Å². The van der Waals surface area contributed by atoms with Crippen LogP contribution in [-0.2, 0) is 19.7 Å². The average Bonchev–Trinajstić information content (AvgIpc) is 2.43. The molecule has 0 aliphatic rings. The Hall–Kier alpha value is -2.04. The number of esters is 1. The lowest BCUT2D eigenvalue weighted by Crippen LogP contribution is -2.46. The highest BCUT2D eigenvalue weighted by atomic mass is 16.6. The van der Waals surface area contributed by atoms with Gasteiger partial charge in [-0.15, -0.1) is 0 Å². The number of carbonyl (C=O) groups excluding carboxylic acids is 2. The molecule has 0 aliphatic heterocycles. The summed E-state index contributed by atoms with van der Waals surface area (Å²) < 4.78 is 10.1. The van der Waals surface area contributed by atoms with Crippen molar-refractivity contribution in [3.05, 3.63) is 35.9 Å². The molecule has 21 heavy (non-hydrogen) atoms. The number of carbonyl (C=O) groups is 2. The average molecular weight is 293 g/mol. The number of amides is 1. The number of hydrogen-bond donors (Lipinski definition) is 1. The summed E-state index contributed by atoms with van der Waals surface area (Å²) in [7, 11) is 1.33. The standard InChI is InChI=1S/C16H23NO4/c1-15(2,3)21-14(19)17-11-16(4,13(18)20-5)12-9-7-6-8-10-12/h6-10H,11H2,1-5H3,(H,17,19). The SMILES string of the molecule is COC(=O)C(C)(CNC(=O)OC(C)(C)C)c1ccccc1. The molecular weight excluding hydrogens is 270 g/mol. The van der Waals surface area contributed by atoms with Crippen LogP contribution in [0.2, 0.25) is 0 Å². The van der Waals surface area contributed by atoms with E-state index in [9.17, 15) is 9.59 Å². The van der Waals surface area contributed by atoms with E-state index in [0.717, 1.165) is 5.56 Å². The molecular formula is C16H23NO4. The second kappa shape index (κ2) is 6.61. The summed E-state index contributed by atoms with van der Waals surface area (Å²) in [6.45, 7) is 7.17. The predicted octanol–water partition coefficient (Wildman–Crippen LogP) is 2.64. The van der Waals surface area contributed by atoms with Crippen LogP contribution in [0.5, 0.6) is 0 Å². The summed E-state index contributed by atoms with van der Waals surface area (Å²) >= 11 is 0. The summed E-state index contributed by atoms with van der Waals surface area (Å²) in [6.07, 6.45) is -0.562. The van der Waals surface area contributed by atoms with E-state index >= 15 is 0 Å². The number of rotatable bonds is 4. The molecule has 1 atom stereocenters. The minimum absolute atomic E-state index is 0.0958. The highest BCUT2D eigenvalue weighted by Crippen LogP contribution is 2.24. The largest absolute Gasteiger partial charge is 0.468 e. The molecule has 0 saturated carbocycles. The minimum Gasteiger partial charge on any atom is -0.468 e. The summed E-state index contributed by atoms with van der Waals surface area (Å²) in [5, 5.41) is 2.63. The van der Waals surface area contributed by atoms with E-state index in [1.165, 1.54) is 7.11 Å². The predicted molar refractivity (Wildman–Crippen MR) is 80.0 cm³/mol. The number of hydrogen-bond acceptors (Lipinski definition) is 4. The lowest BCUT2D eigenvalue weighted by molar-refractivity contribution is -0.146. The molecule has 0 aliphatic carbocycles. The Balaban J connectivity index is 2.86. The summed E-state index contributed by atoms with van der Waals surface area (Å²) in [5.74, 6) is -0.412. The van der Waals surface area contributed by atoms with Gasteiger partial charge in [-0.05, 0) is 33.3 Å². The molecule has 0 aromatic heterocycles. The second-order valence-corrected chi connectivity index (χ2v) is 6.05. The third kappa shape index (κ3) is 4.77. The van der Waals surface area contributed by atoms with Crippen LogP contribution in [0.15, 0.2) is 30.3 Å². The van der Waals surface area contributed by atoms with Gasteiger partial charge in [0, 0.05) is 6.54 Å². The Morgan fingerprint density at radius 2 is 1.67 bits per heavy atom. The Morgan fingerprint density at radius 1 is 1.10 bits per heavy atom. The number of nitrogens with one attached hydrogen (secondary N) is 1. The van der Waals surface area contributed by atoms with Gasteiger partial charge in [-0.3, -0.25) is 4.79 Å². The van der Waals surface area contributed by atoms with Crippen LogP contribution in [0.3, 0.4) is 0 Å². The molecule has 116 valence electrons. The Labute approximate surface area is 125 Å². The number of ether oxygens (including phenoxy) is 2. The highest BCUT2D eigenvalue weighted by molar-refractivity contribution is 5.83. The summed E-state index contributed by atoms with van der Waals surface area (Å²) in [5.41, 5.74) is -0.779. The fourth-order valence-corrected chi connectivity index (χ4v) is 1.89. The maximum absolute atomic E-state index is 12.1. The van der Waals surface area contributed by atoms with Crippen LogP contribution in [0.25, 0.3) is 0 Å². The van der Waals surface area contributed by atoms with E-state index in [4.69, 9.17) is 9.47 Å². The molecule has 5 nitrogen and oxygen atoms in total. The topological polar surface area (TPSA) is 64.6 Å². The van der Waals surface area contributed by atoms with Crippen LogP contribution in [-0.4, -0.2) is 31.3 Å². The van der Waals surface area contributed by atoms with Gasteiger partial charge in [0.15, 0.2) is 0 Å². The molecule has 1 amide bonds. The first kappa shape index (κ1) is 17.0. The molecule has 0 bridgehead atoms. The quantitative estimate of drug-likeness (QED) is 0.867. The molecule has 0 radical (unpaired) electrons. The molecule has 0 heterocycles. The summed E-state index contributed by atoms with van der Waals surface area (Å²) in [6, 6.07) is 9.19. The van der Waals surface area contributed by atoms with Crippen LogP contribution in [0.4, 0.5) is 4.79 Å². The zero-order chi connectivity index (χ0) is 16.1. The maximum Gasteiger partial charge on any atom is 0.407 e. The smallest absolute Gasteiger partial charge is 0.407 e. The van der Waals surface area contributed by atoms with E-state index in [-0.39, 0.29) is 6.54 Å². The molecule has 1 unspecified atom stereocenters. The van der Waals surface area contributed by atoms with Crippen molar-refractivity contribution in [3.63, 3.8) is 0 Å². The van der Waals surface area contributed by atoms with Gasteiger partial charge in [-0.2, -0.15) is 0 Å². The lowest BCUT2D eigenvalue weighted by Gasteiger charge is -2.28.